The number of hydrogen-bond donors (Lipinski definition) is 0. The zero-order valence-electron chi connectivity index (χ0n) is 27.8. The Hall–Kier alpha value is -6.50. The fourth-order valence-electron chi connectivity index (χ4n) is 9.93. The van der Waals surface area contributed by atoms with Crippen LogP contribution in [0.1, 0.15) is 22.3 Å². The van der Waals surface area contributed by atoms with Crippen molar-refractivity contribution in [3.8, 4) is 33.4 Å². The third-order valence-electron chi connectivity index (χ3n) is 12.0. The first-order valence-electron chi connectivity index (χ1n) is 17.9. The molecule has 2 aliphatic carbocycles. The molecule has 0 saturated carbocycles. The lowest BCUT2D eigenvalue weighted by atomic mass is 9.69. The van der Waals surface area contributed by atoms with Crippen molar-refractivity contribution in [1.29, 1.82) is 0 Å². The molecule has 0 aliphatic heterocycles. The summed E-state index contributed by atoms with van der Waals surface area (Å²) in [5.41, 5.74) is 13.0. The Bertz CT molecular complexity index is 3060. The summed E-state index contributed by atoms with van der Waals surface area (Å²) < 4.78 is 0. The van der Waals surface area contributed by atoms with E-state index in [2.05, 4.69) is 182 Å². The van der Waals surface area contributed by atoms with E-state index in [-0.39, 0.29) is 0 Å². The number of hydrogen-bond acceptors (Lipinski definition) is 0. The first-order valence-corrected chi connectivity index (χ1v) is 17.9. The Morgan fingerprint density at radius 2 is 0.784 bits per heavy atom. The van der Waals surface area contributed by atoms with E-state index >= 15 is 0 Å². The van der Waals surface area contributed by atoms with E-state index in [9.17, 15) is 0 Å². The molecule has 51 heavy (non-hydrogen) atoms. The molecule has 0 aromatic heterocycles. The SMILES string of the molecule is c1ccc2c(c1)-c1ccccc1C21c2cc3cc(-c4ccc5c6ccccc6c6ccccc6c5c4)ccc3cc2-c2ccc3ccccc3c21. The molecule has 234 valence electrons. The molecule has 0 fully saturated rings. The van der Waals surface area contributed by atoms with Crippen molar-refractivity contribution >= 4 is 53.9 Å². The van der Waals surface area contributed by atoms with Crippen molar-refractivity contribution in [3.63, 3.8) is 0 Å². The maximum Gasteiger partial charge on any atom is 0.0731 e. The zero-order chi connectivity index (χ0) is 33.3. The summed E-state index contributed by atoms with van der Waals surface area (Å²) in [5.74, 6) is 0. The van der Waals surface area contributed by atoms with Gasteiger partial charge < -0.3 is 0 Å². The van der Waals surface area contributed by atoms with Crippen LogP contribution in [0.25, 0.3) is 87.2 Å². The molecular weight excluding hydrogens is 613 g/mol. The molecule has 0 unspecified atom stereocenters. The topological polar surface area (TPSA) is 0 Å². The van der Waals surface area contributed by atoms with Gasteiger partial charge in [-0.1, -0.05) is 158 Å². The van der Waals surface area contributed by atoms with E-state index in [0.717, 1.165) is 0 Å². The summed E-state index contributed by atoms with van der Waals surface area (Å²) in [6, 6.07) is 68.6. The van der Waals surface area contributed by atoms with Crippen LogP contribution in [0.15, 0.2) is 182 Å². The first kappa shape index (κ1) is 27.3. The highest BCUT2D eigenvalue weighted by atomic mass is 14.5. The van der Waals surface area contributed by atoms with E-state index in [0.29, 0.717) is 0 Å². The van der Waals surface area contributed by atoms with Gasteiger partial charge in [0.1, 0.15) is 0 Å². The van der Waals surface area contributed by atoms with E-state index < -0.39 is 5.41 Å². The van der Waals surface area contributed by atoms with Crippen molar-refractivity contribution in [1.82, 2.24) is 0 Å². The van der Waals surface area contributed by atoms with Gasteiger partial charge in [0.2, 0.25) is 0 Å². The minimum atomic E-state index is -0.397. The van der Waals surface area contributed by atoms with Crippen LogP contribution in [0.2, 0.25) is 0 Å². The van der Waals surface area contributed by atoms with Crippen molar-refractivity contribution in [2.75, 3.05) is 0 Å². The monoisotopic (exact) mass is 642 g/mol. The third-order valence-corrected chi connectivity index (χ3v) is 12.0. The van der Waals surface area contributed by atoms with Gasteiger partial charge in [-0.25, -0.2) is 0 Å². The Labute approximate surface area is 295 Å². The lowest BCUT2D eigenvalue weighted by Crippen LogP contribution is -2.26. The van der Waals surface area contributed by atoms with Crippen LogP contribution in [0.4, 0.5) is 0 Å². The molecule has 0 radical (unpaired) electrons. The van der Waals surface area contributed by atoms with Gasteiger partial charge in [-0.05, 0) is 134 Å². The van der Waals surface area contributed by atoms with Gasteiger partial charge in [0, 0.05) is 0 Å². The van der Waals surface area contributed by atoms with Gasteiger partial charge in [0.15, 0.2) is 0 Å². The molecule has 10 aromatic carbocycles. The second-order valence-electron chi connectivity index (χ2n) is 14.4. The molecule has 0 bridgehead atoms. The maximum absolute atomic E-state index is 2.52. The fourth-order valence-corrected chi connectivity index (χ4v) is 9.93. The first-order chi connectivity index (χ1) is 25.3. The van der Waals surface area contributed by atoms with E-state index in [1.54, 1.807) is 0 Å². The number of rotatable bonds is 1. The molecule has 0 atom stereocenters. The fraction of sp³-hybridized carbons (Fsp3) is 0.0196. The highest BCUT2D eigenvalue weighted by Crippen LogP contribution is 2.64. The number of benzene rings is 10. The summed E-state index contributed by atoms with van der Waals surface area (Å²) in [7, 11) is 0. The molecule has 1 spiro atoms. The van der Waals surface area contributed by atoms with Gasteiger partial charge in [-0.2, -0.15) is 0 Å². The van der Waals surface area contributed by atoms with Crippen molar-refractivity contribution in [2.45, 2.75) is 5.41 Å². The lowest BCUT2D eigenvalue weighted by Gasteiger charge is -2.31. The van der Waals surface area contributed by atoms with Crippen LogP contribution < -0.4 is 0 Å². The lowest BCUT2D eigenvalue weighted by molar-refractivity contribution is 0.802. The zero-order valence-corrected chi connectivity index (χ0v) is 27.8. The minimum Gasteiger partial charge on any atom is -0.0619 e. The molecule has 2 aliphatic rings. The summed E-state index contributed by atoms with van der Waals surface area (Å²) in [5, 5.41) is 13.0. The molecule has 0 N–H and O–H groups in total. The summed E-state index contributed by atoms with van der Waals surface area (Å²) in [4.78, 5) is 0. The Kier molecular flexibility index (Phi) is 5.26. The molecule has 10 aromatic rings. The highest BCUT2D eigenvalue weighted by molar-refractivity contribution is 6.25. The van der Waals surface area contributed by atoms with Crippen LogP contribution in [-0.2, 0) is 5.41 Å². The predicted molar refractivity (Wildman–Crippen MR) is 216 cm³/mol. The Balaban J connectivity index is 1.14. The molecule has 0 amide bonds. The standard InChI is InChI=1S/C51H30/c1-2-12-36-31(11-1)23-26-44-46-29-34-22-21-32(33-24-25-41-39-15-4-3-13-37(39)38-14-5-6-16-40(38)45(41)28-33)27-35(34)30-49(46)51(50(36)44)47-19-9-7-17-42(47)43-18-8-10-20-48(43)51/h1-30H. The third kappa shape index (κ3) is 3.44. The summed E-state index contributed by atoms with van der Waals surface area (Å²) >= 11 is 0. The van der Waals surface area contributed by atoms with Crippen molar-refractivity contribution in [3.05, 3.63) is 204 Å². The van der Waals surface area contributed by atoms with Gasteiger partial charge in [0.05, 0.1) is 5.41 Å². The quantitative estimate of drug-likeness (QED) is 0.156. The Morgan fingerprint density at radius 3 is 1.49 bits per heavy atom. The average molecular weight is 643 g/mol. The van der Waals surface area contributed by atoms with Crippen LogP contribution in [0, 0.1) is 0 Å². The van der Waals surface area contributed by atoms with Crippen LogP contribution in [-0.4, -0.2) is 0 Å². The van der Waals surface area contributed by atoms with Crippen LogP contribution >= 0.6 is 0 Å². The van der Waals surface area contributed by atoms with Gasteiger partial charge in [-0.3, -0.25) is 0 Å². The van der Waals surface area contributed by atoms with E-state index in [1.807, 2.05) is 0 Å². The normalized spacial score (nSPS) is 13.6. The maximum atomic E-state index is 2.52. The summed E-state index contributed by atoms with van der Waals surface area (Å²) in [6.45, 7) is 0. The summed E-state index contributed by atoms with van der Waals surface area (Å²) in [6.07, 6.45) is 0. The van der Waals surface area contributed by atoms with Gasteiger partial charge in [0.25, 0.3) is 0 Å². The highest BCUT2D eigenvalue weighted by Gasteiger charge is 2.52. The predicted octanol–water partition coefficient (Wildman–Crippen LogP) is 13.5. The molecular formula is C51H30. The second kappa shape index (κ2) is 9.81. The van der Waals surface area contributed by atoms with Gasteiger partial charge in [-0.15, -0.1) is 0 Å². The van der Waals surface area contributed by atoms with E-state index in [1.165, 1.54) is 109 Å². The van der Waals surface area contributed by atoms with Gasteiger partial charge >= 0.3 is 0 Å². The molecule has 0 saturated heterocycles. The van der Waals surface area contributed by atoms with Crippen LogP contribution in [0.3, 0.4) is 0 Å². The van der Waals surface area contributed by atoms with E-state index in [4.69, 9.17) is 0 Å². The largest absolute Gasteiger partial charge is 0.0731 e. The average Bonchev–Trinajstić information content (AvgIpc) is 3.66. The minimum absolute atomic E-state index is 0.397. The molecule has 0 heteroatoms. The molecule has 12 rings (SSSR count). The molecule has 0 heterocycles. The van der Waals surface area contributed by atoms with Crippen molar-refractivity contribution in [2.24, 2.45) is 0 Å². The molecule has 0 nitrogen and oxygen atoms in total. The van der Waals surface area contributed by atoms with Crippen LogP contribution in [0.5, 0.6) is 0 Å². The smallest absolute Gasteiger partial charge is 0.0619 e. The Morgan fingerprint density at radius 1 is 0.255 bits per heavy atom. The van der Waals surface area contributed by atoms with Crippen molar-refractivity contribution < 1.29 is 0 Å². The second-order valence-corrected chi connectivity index (χ2v) is 14.4. The number of fused-ring (bicyclic) bond motifs is 19.